The first-order valence-electron chi connectivity index (χ1n) is 24.6. The SMILES string of the molecule is CC1COC2OC(CO)C(OC3OC(C)C(OC4OC(C)C(OC5OC(CO)C(OC6OC(CO)C(OC7OC(CO)C(OC(C(O)C(O)CO)O1)C(O)C7O)C(O)C6O)C(O)C5O)C(O)C4O)C(O)C3=O)C(O)C2O. The third-order valence-electron chi connectivity index (χ3n) is 14.2. The summed E-state index contributed by atoms with van der Waals surface area (Å²) >= 11 is 0. The molecule has 442 valence electrons. The fourth-order valence-corrected chi connectivity index (χ4v) is 9.74. The lowest BCUT2D eigenvalue weighted by atomic mass is 9.95. The van der Waals surface area contributed by atoms with Crippen LogP contribution in [0.1, 0.15) is 20.8 Å². The summed E-state index contributed by atoms with van der Waals surface area (Å²) in [4.78, 5) is 13.5. The van der Waals surface area contributed by atoms with Crippen molar-refractivity contribution in [1.29, 1.82) is 0 Å². The third kappa shape index (κ3) is 12.9. The van der Waals surface area contributed by atoms with Gasteiger partial charge in [-0.2, -0.15) is 0 Å². The fourth-order valence-electron chi connectivity index (χ4n) is 9.74. The van der Waals surface area contributed by atoms with E-state index in [1.165, 1.54) is 20.8 Å². The van der Waals surface area contributed by atoms with Crippen LogP contribution in [0.25, 0.3) is 0 Å². The first kappa shape index (κ1) is 62.0. The Hall–Kier alpha value is -1.61. The van der Waals surface area contributed by atoms with Gasteiger partial charge in [0.1, 0.15) is 140 Å². The number of aliphatic hydroxyl groups is 18. The van der Waals surface area contributed by atoms with Gasteiger partial charge in [0, 0.05) is 0 Å². The number of rotatable bonds is 7. The molecule has 13 saturated heterocycles. The number of aliphatic hydroxyl groups excluding tert-OH is 18. The van der Waals surface area contributed by atoms with E-state index in [-0.39, 0.29) is 0 Å². The van der Waals surface area contributed by atoms with Gasteiger partial charge in [-0.05, 0) is 20.8 Å². The van der Waals surface area contributed by atoms with Crippen LogP contribution in [0.4, 0.5) is 0 Å². The molecule has 0 aromatic heterocycles. The summed E-state index contributed by atoms with van der Waals surface area (Å²) in [5.41, 5.74) is 0. The van der Waals surface area contributed by atoms with Crippen molar-refractivity contribution < 1.29 is 163 Å². The molecule has 33 unspecified atom stereocenters. The maximum atomic E-state index is 13.5. The summed E-state index contributed by atoms with van der Waals surface area (Å²) in [6.45, 7) is -1.77. The van der Waals surface area contributed by atoms with E-state index in [0.29, 0.717) is 0 Å². The minimum absolute atomic E-state index is 0.626. The third-order valence-corrected chi connectivity index (χ3v) is 14.2. The molecule has 33 heteroatoms. The number of ether oxygens (including phenoxy) is 14. The van der Waals surface area contributed by atoms with E-state index in [1.54, 1.807) is 0 Å². The highest BCUT2D eigenvalue weighted by Crippen LogP contribution is 2.37. The van der Waals surface area contributed by atoms with Crippen molar-refractivity contribution in [1.82, 2.24) is 0 Å². The van der Waals surface area contributed by atoms with Crippen molar-refractivity contribution in [3.05, 3.63) is 0 Å². The summed E-state index contributed by atoms with van der Waals surface area (Å²) in [7, 11) is 0. The van der Waals surface area contributed by atoms with Crippen LogP contribution >= 0.6 is 0 Å². The van der Waals surface area contributed by atoms with Crippen molar-refractivity contribution in [2.45, 2.75) is 224 Å². The Kier molecular flexibility index (Phi) is 21.6. The zero-order chi connectivity index (χ0) is 55.8. The molecule has 13 heterocycles. The van der Waals surface area contributed by atoms with Crippen molar-refractivity contribution in [2.24, 2.45) is 0 Å². The normalized spacial score (nSPS) is 52.3. The first-order chi connectivity index (χ1) is 36.0. The molecule has 0 saturated carbocycles. The van der Waals surface area contributed by atoms with Crippen LogP contribution in [-0.2, 0) is 71.1 Å². The molecule has 0 aliphatic carbocycles. The lowest BCUT2D eigenvalue weighted by Gasteiger charge is -2.49. The van der Waals surface area contributed by atoms with Gasteiger partial charge in [-0.1, -0.05) is 0 Å². The van der Waals surface area contributed by atoms with Crippen LogP contribution in [0.3, 0.4) is 0 Å². The molecule has 0 spiro atoms. The van der Waals surface area contributed by atoms with Gasteiger partial charge in [-0.3, -0.25) is 4.79 Å². The van der Waals surface area contributed by atoms with Crippen LogP contribution in [0.5, 0.6) is 0 Å². The molecular formula is C43H72O33. The zero-order valence-electron chi connectivity index (χ0n) is 41.0. The van der Waals surface area contributed by atoms with Crippen LogP contribution in [0.2, 0.25) is 0 Å². The van der Waals surface area contributed by atoms with Gasteiger partial charge >= 0.3 is 0 Å². The molecule has 18 N–H and O–H groups in total. The van der Waals surface area contributed by atoms with Gasteiger partial charge < -0.3 is 158 Å². The van der Waals surface area contributed by atoms with Crippen LogP contribution < -0.4 is 0 Å². The number of hydrogen-bond acceptors (Lipinski definition) is 33. The minimum Gasteiger partial charge on any atom is -0.394 e. The van der Waals surface area contributed by atoms with Gasteiger partial charge in [0.25, 0.3) is 0 Å². The fraction of sp³-hybridized carbons (Fsp3) is 0.977. The number of carbonyl (C=O) groups excluding carboxylic acids is 1. The number of ketones is 1. The van der Waals surface area contributed by atoms with E-state index in [0.717, 1.165) is 0 Å². The second kappa shape index (κ2) is 26.5. The molecule has 13 aliphatic heterocycles. The van der Waals surface area contributed by atoms with E-state index in [4.69, 9.17) is 66.3 Å². The van der Waals surface area contributed by atoms with Gasteiger partial charge in [0.2, 0.25) is 12.1 Å². The molecule has 12 bridgehead atoms. The van der Waals surface area contributed by atoms with Crippen molar-refractivity contribution >= 4 is 5.78 Å². The summed E-state index contributed by atoms with van der Waals surface area (Å²) in [6, 6.07) is 0. The van der Waals surface area contributed by atoms with E-state index in [1.807, 2.05) is 0 Å². The quantitative estimate of drug-likeness (QED) is 0.113. The highest BCUT2D eigenvalue weighted by atomic mass is 16.8. The van der Waals surface area contributed by atoms with Gasteiger partial charge in [0.15, 0.2) is 37.7 Å². The molecule has 0 amide bonds. The van der Waals surface area contributed by atoms with E-state index in [9.17, 15) is 96.7 Å². The number of carbonyl (C=O) groups is 1. The Bertz CT molecular complexity index is 1800. The Morgan fingerprint density at radius 2 is 0.763 bits per heavy atom. The van der Waals surface area contributed by atoms with E-state index >= 15 is 0 Å². The van der Waals surface area contributed by atoms with Gasteiger partial charge in [-0.25, -0.2) is 0 Å². The molecule has 0 aromatic carbocycles. The Labute approximate surface area is 431 Å². The molecule has 33 nitrogen and oxygen atoms in total. The van der Waals surface area contributed by atoms with Crippen LogP contribution in [0, 0.1) is 0 Å². The van der Waals surface area contributed by atoms with E-state index < -0.39 is 248 Å². The zero-order valence-corrected chi connectivity index (χ0v) is 41.0. The molecule has 13 fully saturated rings. The summed E-state index contributed by atoms with van der Waals surface area (Å²) in [6.07, 6.45) is -62.0. The highest BCUT2D eigenvalue weighted by Gasteiger charge is 2.57. The second-order valence-electron chi connectivity index (χ2n) is 19.5. The summed E-state index contributed by atoms with van der Waals surface area (Å²) in [5.74, 6) is -1.22. The first-order valence-corrected chi connectivity index (χ1v) is 24.6. The van der Waals surface area contributed by atoms with Crippen molar-refractivity contribution in [3.63, 3.8) is 0 Å². The average Bonchev–Trinajstić information content (AvgIpc) is 3.40. The number of fused-ring (bicyclic) bond motifs is 6. The highest BCUT2D eigenvalue weighted by molar-refractivity contribution is 5.87. The lowest BCUT2D eigenvalue weighted by Crippen LogP contribution is -2.67. The predicted molar refractivity (Wildman–Crippen MR) is 231 cm³/mol. The molecular weight excluding hydrogens is 1040 g/mol. The largest absolute Gasteiger partial charge is 0.394 e. The predicted octanol–water partition coefficient (Wildman–Crippen LogP) is -12.3. The minimum atomic E-state index is -2.20. The molecule has 13 rings (SSSR count). The average molecular weight is 1120 g/mol. The molecule has 0 aromatic rings. The standard InChI is InChI=1S/C43H72O33/c1-10-9-63-37-25(57)21(53)33(14(5-45)67-37)74-40-27(59)20(52)31(11(2)66-40)71-39-26(58)19(51)32(12(3)65-39)72-41-28(60)22(54)35(16(7-47)68-41)75-43-30(62)24(56)36(17(8-48)70-43)76-42-29(61)23(55)34(15(6-46)69-42)73-38(64-10)18(50)13(49)4-44/h10-26,28-58,60-62H,4-9H2,1-3H3. The maximum Gasteiger partial charge on any atom is 0.221 e. The smallest absolute Gasteiger partial charge is 0.221 e. The molecule has 0 radical (unpaired) electrons. The monoisotopic (exact) mass is 1120 g/mol. The maximum absolute atomic E-state index is 13.5. The number of hydrogen-bond donors (Lipinski definition) is 18. The Morgan fingerprint density at radius 3 is 1.21 bits per heavy atom. The Morgan fingerprint density at radius 1 is 0.408 bits per heavy atom. The van der Waals surface area contributed by atoms with Crippen LogP contribution in [0.15, 0.2) is 0 Å². The van der Waals surface area contributed by atoms with Crippen molar-refractivity contribution in [2.75, 3.05) is 39.6 Å². The molecule has 76 heavy (non-hydrogen) atoms. The summed E-state index contributed by atoms with van der Waals surface area (Å²) < 4.78 is 80.0. The van der Waals surface area contributed by atoms with Gasteiger partial charge in [0.05, 0.1) is 58.0 Å². The lowest BCUT2D eigenvalue weighted by molar-refractivity contribution is -0.392. The van der Waals surface area contributed by atoms with Gasteiger partial charge in [-0.15, -0.1) is 0 Å². The topological polar surface area (TPSA) is 510 Å². The van der Waals surface area contributed by atoms with Crippen LogP contribution in [-0.4, -0.2) is 340 Å². The Balaban J connectivity index is 1.15. The molecule has 33 atom stereocenters. The second-order valence-corrected chi connectivity index (χ2v) is 19.5. The number of Topliss-reactive ketones (excluding diaryl/α,β-unsaturated/α-hetero) is 1. The van der Waals surface area contributed by atoms with Crippen molar-refractivity contribution in [3.8, 4) is 0 Å². The van der Waals surface area contributed by atoms with E-state index in [2.05, 4.69) is 0 Å². The summed E-state index contributed by atoms with van der Waals surface area (Å²) in [5, 5.41) is 196. The molecule has 13 aliphatic rings.